The summed E-state index contributed by atoms with van der Waals surface area (Å²) in [6.45, 7) is 7.31. The summed E-state index contributed by atoms with van der Waals surface area (Å²) >= 11 is 0. The van der Waals surface area contributed by atoms with Gasteiger partial charge < -0.3 is 10.3 Å². The fourth-order valence-electron chi connectivity index (χ4n) is 1.80. The highest BCUT2D eigenvalue weighted by molar-refractivity contribution is 4.96. The first-order valence-electron chi connectivity index (χ1n) is 5.83. The summed E-state index contributed by atoms with van der Waals surface area (Å²) in [7, 11) is 0. The van der Waals surface area contributed by atoms with E-state index in [-0.39, 0.29) is 6.04 Å². The van der Waals surface area contributed by atoms with Gasteiger partial charge in [-0.1, -0.05) is 20.3 Å². The molecular weight excluding hydrogens is 188 g/mol. The number of rotatable bonds is 6. The second-order valence-corrected chi connectivity index (χ2v) is 4.07. The van der Waals surface area contributed by atoms with E-state index in [1.165, 1.54) is 0 Å². The summed E-state index contributed by atoms with van der Waals surface area (Å²) in [5.41, 5.74) is 6.01. The van der Waals surface area contributed by atoms with E-state index in [1.807, 2.05) is 6.92 Å². The maximum atomic E-state index is 6.01. The summed E-state index contributed by atoms with van der Waals surface area (Å²) in [5, 5.41) is 8.30. The van der Waals surface area contributed by atoms with E-state index in [2.05, 4.69) is 28.6 Å². The molecule has 86 valence electrons. The highest BCUT2D eigenvalue weighted by atomic mass is 15.3. The minimum atomic E-state index is 0.217. The molecule has 0 aliphatic carbocycles. The zero-order valence-electron chi connectivity index (χ0n) is 10.0. The normalized spacial score (nSPS) is 13.1. The van der Waals surface area contributed by atoms with E-state index in [4.69, 9.17) is 5.73 Å². The van der Waals surface area contributed by atoms with E-state index < -0.39 is 0 Å². The molecule has 0 fully saturated rings. The van der Waals surface area contributed by atoms with Crippen LogP contribution in [0.1, 0.15) is 44.8 Å². The average molecular weight is 210 g/mol. The second-order valence-electron chi connectivity index (χ2n) is 4.07. The van der Waals surface area contributed by atoms with Gasteiger partial charge in [-0.3, -0.25) is 0 Å². The van der Waals surface area contributed by atoms with Crippen molar-refractivity contribution in [3.8, 4) is 0 Å². The van der Waals surface area contributed by atoms with Crippen molar-refractivity contribution in [2.45, 2.75) is 59.0 Å². The van der Waals surface area contributed by atoms with Crippen LogP contribution >= 0.6 is 0 Å². The molecule has 0 radical (unpaired) electrons. The van der Waals surface area contributed by atoms with Crippen molar-refractivity contribution in [1.82, 2.24) is 14.8 Å². The lowest BCUT2D eigenvalue weighted by Gasteiger charge is -2.11. The lowest BCUT2D eigenvalue weighted by molar-refractivity contribution is 0.548. The summed E-state index contributed by atoms with van der Waals surface area (Å²) in [6.07, 6.45) is 4.13. The maximum absolute atomic E-state index is 6.01. The standard InChI is InChI=1S/C11H22N4/c1-4-6-10(12)8-11-14-13-9(3)15(11)7-5-2/h10H,4-8,12H2,1-3H3. The van der Waals surface area contributed by atoms with Gasteiger partial charge in [0.25, 0.3) is 0 Å². The third kappa shape index (κ3) is 3.30. The molecule has 0 aliphatic heterocycles. The second kappa shape index (κ2) is 5.85. The van der Waals surface area contributed by atoms with Gasteiger partial charge in [-0.2, -0.15) is 0 Å². The van der Waals surface area contributed by atoms with Crippen molar-refractivity contribution in [3.05, 3.63) is 11.6 Å². The molecule has 1 rings (SSSR count). The monoisotopic (exact) mass is 210 g/mol. The molecule has 4 nitrogen and oxygen atoms in total. The molecule has 0 aliphatic rings. The van der Waals surface area contributed by atoms with Crippen molar-refractivity contribution in [2.24, 2.45) is 5.73 Å². The molecule has 1 aromatic heterocycles. The van der Waals surface area contributed by atoms with Crippen LogP contribution in [-0.4, -0.2) is 20.8 Å². The quantitative estimate of drug-likeness (QED) is 0.777. The number of nitrogens with zero attached hydrogens (tertiary/aromatic N) is 3. The zero-order chi connectivity index (χ0) is 11.3. The van der Waals surface area contributed by atoms with Crippen LogP contribution in [0.5, 0.6) is 0 Å². The topological polar surface area (TPSA) is 56.7 Å². The Labute approximate surface area is 91.9 Å². The van der Waals surface area contributed by atoms with E-state index >= 15 is 0 Å². The zero-order valence-corrected chi connectivity index (χ0v) is 10.0. The van der Waals surface area contributed by atoms with Crippen molar-refractivity contribution in [3.63, 3.8) is 0 Å². The first-order valence-corrected chi connectivity index (χ1v) is 5.83. The van der Waals surface area contributed by atoms with Crippen LogP contribution in [0.2, 0.25) is 0 Å². The third-order valence-electron chi connectivity index (χ3n) is 2.56. The largest absolute Gasteiger partial charge is 0.327 e. The molecular formula is C11H22N4. The number of nitrogens with two attached hydrogens (primary N) is 1. The highest BCUT2D eigenvalue weighted by Crippen LogP contribution is 2.07. The van der Waals surface area contributed by atoms with Crippen molar-refractivity contribution in [1.29, 1.82) is 0 Å². The average Bonchev–Trinajstić information content (AvgIpc) is 2.51. The molecule has 1 atom stereocenters. The van der Waals surface area contributed by atoms with E-state index in [0.29, 0.717) is 0 Å². The molecule has 0 saturated heterocycles. The Morgan fingerprint density at radius 2 is 2.00 bits per heavy atom. The minimum Gasteiger partial charge on any atom is -0.327 e. The smallest absolute Gasteiger partial charge is 0.134 e. The predicted octanol–water partition coefficient (Wildman–Crippen LogP) is 1.67. The first-order chi connectivity index (χ1) is 7.19. The van der Waals surface area contributed by atoms with Gasteiger partial charge in [0.2, 0.25) is 0 Å². The van der Waals surface area contributed by atoms with Crippen LogP contribution in [0.25, 0.3) is 0 Å². The van der Waals surface area contributed by atoms with Crippen molar-refractivity contribution >= 4 is 0 Å². The van der Waals surface area contributed by atoms with Crippen LogP contribution in [0.15, 0.2) is 0 Å². The Morgan fingerprint density at radius 3 is 2.60 bits per heavy atom. The fraction of sp³-hybridized carbons (Fsp3) is 0.818. The maximum Gasteiger partial charge on any atom is 0.134 e. The van der Waals surface area contributed by atoms with Gasteiger partial charge in [-0.05, 0) is 19.8 Å². The molecule has 1 unspecified atom stereocenters. The summed E-state index contributed by atoms with van der Waals surface area (Å²) in [4.78, 5) is 0. The summed E-state index contributed by atoms with van der Waals surface area (Å²) in [5.74, 6) is 2.03. The first kappa shape index (κ1) is 12.2. The molecule has 15 heavy (non-hydrogen) atoms. The van der Waals surface area contributed by atoms with Crippen LogP contribution in [-0.2, 0) is 13.0 Å². The van der Waals surface area contributed by atoms with E-state index in [9.17, 15) is 0 Å². The summed E-state index contributed by atoms with van der Waals surface area (Å²) in [6, 6.07) is 0.217. The number of hydrogen-bond acceptors (Lipinski definition) is 3. The molecule has 1 heterocycles. The Morgan fingerprint density at radius 1 is 1.27 bits per heavy atom. The number of hydrogen-bond donors (Lipinski definition) is 1. The molecule has 0 bridgehead atoms. The third-order valence-corrected chi connectivity index (χ3v) is 2.56. The van der Waals surface area contributed by atoms with Crippen LogP contribution in [0, 0.1) is 6.92 Å². The SMILES string of the molecule is CCCC(N)Cc1nnc(C)n1CCC. The lowest BCUT2D eigenvalue weighted by atomic mass is 10.1. The molecule has 1 aromatic rings. The van der Waals surface area contributed by atoms with Crippen molar-refractivity contribution < 1.29 is 0 Å². The van der Waals surface area contributed by atoms with E-state index in [1.54, 1.807) is 0 Å². The fourth-order valence-corrected chi connectivity index (χ4v) is 1.80. The Kier molecular flexibility index (Phi) is 4.75. The van der Waals surface area contributed by atoms with Crippen LogP contribution in [0.3, 0.4) is 0 Å². The molecule has 0 amide bonds. The van der Waals surface area contributed by atoms with Gasteiger partial charge >= 0.3 is 0 Å². The number of aryl methyl sites for hydroxylation is 1. The van der Waals surface area contributed by atoms with Crippen LogP contribution < -0.4 is 5.73 Å². The molecule has 0 saturated carbocycles. The summed E-state index contributed by atoms with van der Waals surface area (Å²) < 4.78 is 2.18. The van der Waals surface area contributed by atoms with Crippen molar-refractivity contribution in [2.75, 3.05) is 0 Å². The van der Waals surface area contributed by atoms with E-state index in [0.717, 1.165) is 43.9 Å². The minimum absolute atomic E-state index is 0.217. The van der Waals surface area contributed by atoms with Gasteiger partial charge in [0.05, 0.1) is 0 Å². The van der Waals surface area contributed by atoms with Gasteiger partial charge in [0, 0.05) is 19.0 Å². The Balaban J connectivity index is 2.67. The Bertz CT molecular complexity index is 293. The molecule has 0 aromatic carbocycles. The lowest BCUT2D eigenvalue weighted by Crippen LogP contribution is -2.24. The van der Waals surface area contributed by atoms with Gasteiger partial charge in [0.15, 0.2) is 0 Å². The molecule has 2 N–H and O–H groups in total. The van der Waals surface area contributed by atoms with Gasteiger partial charge in [0.1, 0.15) is 11.6 Å². The molecule has 0 spiro atoms. The molecule has 4 heteroatoms. The number of aromatic nitrogens is 3. The Hall–Kier alpha value is -0.900. The predicted molar refractivity (Wildman–Crippen MR) is 61.6 cm³/mol. The highest BCUT2D eigenvalue weighted by Gasteiger charge is 2.11. The van der Waals surface area contributed by atoms with Gasteiger partial charge in [-0.15, -0.1) is 10.2 Å². The van der Waals surface area contributed by atoms with Crippen LogP contribution in [0.4, 0.5) is 0 Å². The van der Waals surface area contributed by atoms with Gasteiger partial charge in [-0.25, -0.2) is 0 Å².